The molecule has 2 atom stereocenters. The van der Waals surface area contributed by atoms with Gasteiger partial charge in [0.15, 0.2) is 5.78 Å². The second-order valence-corrected chi connectivity index (χ2v) is 6.19. The van der Waals surface area contributed by atoms with E-state index in [0.717, 1.165) is 11.1 Å². The molecular formula is C21H22O6. The average Bonchev–Trinajstić information content (AvgIpc) is 3.21. The minimum absolute atomic E-state index is 0.219. The van der Waals surface area contributed by atoms with E-state index in [-0.39, 0.29) is 12.4 Å². The fourth-order valence-corrected chi connectivity index (χ4v) is 3.40. The van der Waals surface area contributed by atoms with Crippen LogP contribution in [-0.4, -0.2) is 32.6 Å². The molecule has 6 nitrogen and oxygen atoms in total. The van der Waals surface area contributed by atoms with Crippen molar-refractivity contribution >= 4 is 17.3 Å². The van der Waals surface area contributed by atoms with Crippen LogP contribution in [0, 0.1) is 5.92 Å². The van der Waals surface area contributed by atoms with Gasteiger partial charge < -0.3 is 18.6 Å². The normalized spacial score (nSPS) is 19.4. The molecule has 6 heteroatoms. The van der Waals surface area contributed by atoms with Crippen molar-refractivity contribution in [2.75, 3.05) is 20.8 Å². The number of carbonyl (C=O) groups is 2. The van der Waals surface area contributed by atoms with E-state index < -0.39 is 17.8 Å². The maximum atomic E-state index is 12.8. The summed E-state index contributed by atoms with van der Waals surface area (Å²) in [7, 11) is 3.14. The Morgan fingerprint density at radius 3 is 2.67 bits per heavy atom. The van der Waals surface area contributed by atoms with Gasteiger partial charge in [0.05, 0.1) is 27.1 Å². The van der Waals surface area contributed by atoms with Crippen LogP contribution in [0.15, 0.2) is 47.1 Å². The number of methoxy groups -OCH3 is 2. The predicted molar refractivity (Wildman–Crippen MR) is 98.7 cm³/mol. The zero-order valence-electron chi connectivity index (χ0n) is 15.6. The lowest BCUT2D eigenvalue weighted by atomic mass is 9.75. The first-order valence-electron chi connectivity index (χ1n) is 8.75. The number of esters is 1. The third-order valence-electron chi connectivity index (χ3n) is 4.67. The van der Waals surface area contributed by atoms with Crippen LogP contribution in [0.4, 0.5) is 0 Å². The van der Waals surface area contributed by atoms with Gasteiger partial charge in [0, 0.05) is 17.5 Å². The molecule has 0 saturated carbocycles. The molecule has 0 radical (unpaired) electrons. The number of ether oxygens (including phenoxy) is 3. The van der Waals surface area contributed by atoms with E-state index >= 15 is 0 Å². The lowest BCUT2D eigenvalue weighted by Gasteiger charge is -2.28. The van der Waals surface area contributed by atoms with Gasteiger partial charge in [-0.25, -0.2) is 0 Å². The van der Waals surface area contributed by atoms with E-state index in [4.69, 9.17) is 18.6 Å². The van der Waals surface area contributed by atoms with Crippen LogP contribution in [-0.2, 0) is 14.3 Å². The molecule has 1 aromatic heterocycles. The molecular weight excluding hydrogens is 348 g/mol. The molecule has 27 heavy (non-hydrogen) atoms. The molecule has 1 aliphatic rings. The van der Waals surface area contributed by atoms with Crippen molar-refractivity contribution in [3.8, 4) is 11.5 Å². The Morgan fingerprint density at radius 1 is 1.22 bits per heavy atom. The number of ketones is 1. The summed E-state index contributed by atoms with van der Waals surface area (Å²) in [6, 6.07) is 8.94. The summed E-state index contributed by atoms with van der Waals surface area (Å²) in [6.45, 7) is 1.94. The third-order valence-corrected chi connectivity index (χ3v) is 4.67. The van der Waals surface area contributed by atoms with Gasteiger partial charge >= 0.3 is 5.97 Å². The Hall–Kier alpha value is -3.02. The highest BCUT2D eigenvalue weighted by Crippen LogP contribution is 2.43. The number of benzene rings is 1. The molecule has 0 unspecified atom stereocenters. The number of rotatable bonds is 6. The van der Waals surface area contributed by atoms with Crippen molar-refractivity contribution < 1.29 is 28.2 Å². The molecule has 1 aliphatic carbocycles. The molecule has 0 bridgehead atoms. The molecule has 0 fully saturated rings. The molecule has 2 aromatic rings. The Balaban J connectivity index is 2.03. The van der Waals surface area contributed by atoms with Crippen molar-refractivity contribution in [2.45, 2.75) is 19.3 Å². The minimum atomic E-state index is -0.913. The molecule has 3 rings (SSSR count). The van der Waals surface area contributed by atoms with Crippen LogP contribution in [0.2, 0.25) is 0 Å². The second-order valence-electron chi connectivity index (χ2n) is 6.19. The first-order valence-corrected chi connectivity index (χ1v) is 8.75. The van der Waals surface area contributed by atoms with Gasteiger partial charge in [-0.1, -0.05) is 0 Å². The van der Waals surface area contributed by atoms with Crippen LogP contribution in [0.5, 0.6) is 11.5 Å². The summed E-state index contributed by atoms with van der Waals surface area (Å²) in [6.07, 6.45) is 3.49. The molecule has 0 amide bonds. The highest BCUT2D eigenvalue weighted by molar-refractivity contribution is 6.10. The SMILES string of the molecule is CCOC(=O)[C@@H]1C(=O)C=C(c2ccc(OC)cc2OC)C[C@H]1c1ccco1. The van der Waals surface area contributed by atoms with Crippen molar-refractivity contribution in [1.29, 1.82) is 0 Å². The van der Waals surface area contributed by atoms with E-state index in [2.05, 4.69) is 0 Å². The van der Waals surface area contributed by atoms with Gasteiger partial charge in [0.1, 0.15) is 23.2 Å². The molecule has 1 aromatic carbocycles. The van der Waals surface area contributed by atoms with Crippen LogP contribution < -0.4 is 9.47 Å². The van der Waals surface area contributed by atoms with E-state index in [9.17, 15) is 9.59 Å². The number of hydrogen-bond acceptors (Lipinski definition) is 6. The lowest BCUT2D eigenvalue weighted by molar-refractivity contribution is -0.151. The Kier molecular flexibility index (Phi) is 5.64. The molecule has 0 aliphatic heterocycles. The number of hydrogen-bond donors (Lipinski definition) is 0. The van der Waals surface area contributed by atoms with Gasteiger partial charge in [-0.2, -0.15) is 0 Å². The first kappa shape index (κ1) is 18.8. The van der Waals surface area contributed by atoms with Gasteiger partial charge in [-0.15, -0.1) is 0 Å². The number of furan rings is 1. The summed E-state index contributed by atoms with van der Waals surface area (Å²) < 4.78 is 21.3. The molecule has 0 saturated heterocycles. The third kappa shape index (κ3) is 3.74. The summed E-state index contributed by atoms with van der Waals surface area (Å²) in [5.41, 5.74) is 1.56. The largest absolute Gasteiger partial charge is 0.497 e. The topological polar surface area (TPSA) is 75.0 Å². The Bertz CT molecular complexity index is 850. The van der Waals surface area contributed by atoms with Gasteiger partial charge in [-0.3, -0.25) is 9.59 Å². The molecule has 142 valence electrons. The van der Waals surface area contributed by atoms with Crippen LogP contribution in [0.3, 0.4) is 0 Å². The maximum absolute atomic E-state index is 12.8. The van der Waals surface area contributed by atoms with Crippen LogP contribution >= 0.6 is 0 Å². The highest BCUT2D eigenvalue weighted by Gasteiger charge is 2.41. The molecule has 1 heterocycles. The number of allylic oxidation sites excluding steroid dienone is 2. The second kappa shape index (κ2) is 8.12. The molecule has 0 spiro atoms. The summed E-state index contributed by atoms with van der Waals surface area (Å²) in [5, 5.41) is 0. The van der Waals surface area contributed by atoms with Crippen molar-refractivity contribution in [2.24, 2.45) is 5.92 Å². The average molecular weight is 370 g/mol. The lowest BCUT2D eigenvalue weighted by Crippen LogP contribution is -2.33. The van der Waals surface area contributed by atoms with Gasteiger partial charge in [-0.05, 0) is 49.3 Å². The minimum Gasteiger partial charge on any atom is -0.497 e. The smallest absolute Gasteiger partial charge is 0.317 e. The fourth-order valence-electron chi connectivity index (χ4n) is 3.40. The van der Waals surface area contributed by atoms with Crippen LogP contribution in [0.25, 0.3) is 5.57 Å². The summed E-state index contributed by atoms with van der Waals surface area (Å²) >= 11 is 0. The van der Waals surface area contributed by atoms with Gasteiger partial charge in [0.25, 0.3) is 0 Å². The van der Waals surface area contributed by atoms with E-state index in [1.807, 2.05) is 12.1 Å². The zero-order chi connectivity index (χ0) is 19.4. The number of carbonyl (C=O) groups excluding carboxylic acids is 2. The standard InChI is InChI=1S/C21H22O6/c1-4-26-21(23)20-16(18-6-5-9-27-18)10-13(11-17(20)22)15-8-7-14(24-2)12-19(15)25-3/h5-9,11-12,16,20H,4,10H2,1-3H3/t16-,20-/m0/s1. The Morgan fingerprint density at radius 2 is 2.04 bits per heavy atom. The van der Waals surface area contributed by atoms with Crippen molar-refractivity contribution in [3.63, 3.8) is 0 Å². The molecule has 0 N–H and O–H groups in total. The predicted octanol–water partition coefficient (Wildman–Crippen LogP) is 3.62. The fraction of sp³-hybridized carbons (Fsp3) is 0.333. The monoisotopic (exact) mass is 370 g/mol. The van der Waals surface area contributed by atoms with Crippen molar-refractivity contribution in [3.05, 3.63) is 54.0 Å². The summed E-state index contributed by atoms with van der Waals surface area (Å²) in [4.78, 5) is 25.2. The Labute approximate surface area is 157 Å². The van der Waals surface area contributed by atoms with Gasteiger partial charge in [0.2, 0.25) is 0 Å². The zero-order valence-corrected chi connectivity index (χ0v) is 15.6. The van der Waals surface area contributed by atoms with E-state index in [1.165, 1.54) is 12.3 Å². The summed E-state index contributed by atoms with van der Waals surface area (Å²) in [5.74, 6) is -0.330. The first-order chi connectivity index (χ1) is 13.1. The van der Waals surface area contributed by atoms with E-state index in [1.54, 1.807) is 39.3 Å². The van der Waals surface area contributed by atoms with Crippen LogP contribution in [0.1, 0.15) is 30.6 Å². The highest BCUT2D eigenvalue weighted by atomic mass is 16.5. The van der Waals surface area contributed by atoms with E-state index in [0.29, 0.717) is 23.7 Å². The quantitative estimate of drug-likeness (QED) is 0.571. The maximum Gasteiger partial charge on any atom is 0.317 e. The van der Waals surface area contributed by atoms with Crippen molar-refractivity contribution in [1.82, 2.24) is 0 Å².